The summed E-state index contributed by atoms with van der Waals surface area (Å²) in [7, 11) is 0. The lowest BCUT2D eigenvalue weighted by Crippen LogP contribution is -2.18. The maximum Gasteiger partial charge on any atom is 0.338 e. The van der Waals surface area contributed by atoms with E-state index in [4.69, 9.17) is 4.74 Å². The van der Waals surface area contributed by atoms with Gasteiger partial charge in [-0.05, 0) is 43.2 Å². The van der Waals surface area contributed by atoms with Gasteiger partial charge in [-0.1, -0.05) is 46.3 Å². The average molecular weight is 362 g/mol. The summed E-state index contributed by atoms with van der Waals surface area (Å²) in [5.74, 6) is -0.276. The van der Waals surface area contributed by atoms with E-state index in [0.717, 1.165) is 16.6 Å². The van der Waals surface area contributed by atoms with Crippen molar-refractivity contribution >= 4 is 21.9 Å². The monoisotopic (exact) mass is 361 g/mol. The average Bonchev–Trinajstić information content (AvgIpc) is 2.54. The smallest absolute Gasteiger partial charge is 0.338 e. The van der Waals surface area contributed by atoms with E-state index in [9.17, 15) is 4.79 Å². The second-order valence-electron chi connectivity index (χ2n) is 5.04. The Morgan fingerprint density at radius 2 is 2.00 bits per heavy atom. The van der Waals surface area contributed by atoms with Gasteiger partial charge in [0.15, 0.2) is 0 Å². The number of benzene rings is 2. The van der Waals surface area contributed by atoms with Crippen molar-refractivity contribution in [2.75, 3.05) is 6.61 Å². The van der Waals surface area contributed by atoms with Crippen LogP contribution in [0.4, 0.5) is 0 Å². The molecule has 0 saturated heterocycles. The second-order valence-corrected chi connectivity index (χ2v) is 5.89. The van der Waals surface area contributed by atoms with Crippen LogP contribution in [0.1, 0.15) is 41.4 Å². The SMILES string of the molecule is CCOC(=O)c1cccc([C@H](C)NCc2ccccc2Br)c1. The number of hydrogen-bond donors (Lipinski definition) is 1. The molecule has 0 fully saturated rings. The van der Waals surface area contributed by atoms with Crippen LogP contribution in [0.3, 0.4) is 0 Å². The molecule has 2 aromatic rings. The number of carbonyl (C=O) groups is 1. The standard InChI is InChI=1S/C18H20BrNO2/c1-3-22-18(21)15-9-6-8-14(11-15)13(2)20-12-16-7-4-5-10-17(16)19/h4-11,13,20H,3,12H2,1-2H3/t13-/m0/s1. The van der Waals surface area contributed by atoms with Crippen LogP contribution in [0.5, 0.6) is 0 Å². The number of ether oxygens (including phenoxy) is 1. The first-order valence-corrected chi connectivity index (χ1v) is 8.15. The molecule has 0 aliphatic rings. The van der Waals surface area contributed by atoms with Crippen LogP contribution in [0.15, 0.2) is 53.0 Å². The van der Waals surface area contributed by atoms with Gasteiger partial charge in [0.05, 0.1) is 12.2 Å². The van der Waals surface area contributed by atoms with Crippen molar-refractivity contribution in [3.63, 3.8) is 0 Å². The van der Waals surface area contributed by atoms with Crippen LogP contribution in [0, 0.1) is 0 Å². The van der Waals surface area contributed by atoms with Crippen LogP contribution in [0.25, 0.3) is 0 Å². The molecule has 0 aliphatic carbocycles. The molecule has 4 heteroatoms. The number of carbonyl (C=O) groups excluding carboxylic acids is 1. The summed E-state index contributed by atoms with van der Waals surface area (Å²) < 4.78 is 6.13. The highest BCUT2D eigenvalue weighted by Crippen LogP contribution is 2.19. The molecule has 0 unspecified atom stereocenters. The highest BCUT2D eigenvalue weighted by molar-refractivity contribution is 9.10. The molecule has 2 rings (SSSR count). The molecule has 0 aliphatic heterocycles. The zero-order valence-electron chi connectivity index (χ0n) is 12.8. The van der Waals surface area contributed by atoms with E-state index in [0.29, 0.717) is 12.2 Å². The summed E-state index contributed by atoms with van der Waals surface area (Å²) in [6, 6.07) is 15.8. The molecule has 1 N–H and O–H groups in total. The molecule has 3 nitrogen and oxygen atoms in total. The van der Waals surface area contributed by atoms with E-state index in [-0.39, 0.29) is 12.0 Å². The molecule has 0 radical (unpaired) electrons. The zero-order valence-corrected chi connectivity index (χ0v) is 14.4. The summed E-state index contributed by atoms with van der Waals surface area (Å²) >= 11 is 3.55. The van der Waals surface area contributed by atoms with Crippen molar-refractivity contribution in [3.8, 4) is 0 Å². The molecule has 0 heterocycles. The minimum absolute atomic E-state index is 0.140. The van der Waals surface area contributed by atoms with Gasteiger partial charge < -0.3 is 10.1 Å². The maximum absolute atomic E-state index is 11.8. The van der Waals surface area contributed by atoms with E-state index < -0.39 is 0 Å². The van der Waals surface area contributed by atoms with Crippen LogP contribution in [0.2, 0.25) is 0 Å². The van der Waals surface area contributed by atoms with Gasteiger partial charge in [0.25, 0.3) is 0 Å². The van der Waals surface area contributed by atoms with Gasteiger partial charge in [-0.25, -0.2) is 4.79 Å². The lowest BCUT2D eigenvalue weighted by molar-refractivity contribution is 0.0526. The fraction of sp³-hybridized carbons (Fsp3) is 0.278. The molecule has 2 aromatic carbocycles. The Hall–Kier alpha value is -1.65. The highest BCUT2D eigenvalue weighted by atomic mass is 79.9. The van der Waals surface area contributed by atoms with Gasteiger partial charge in [-0.3, -0.25) is 0 Å². The normalized spacial score (nSPS) is 12.0. The molecule has 116 valence electrons. The molecule has 0 aromatic heterocycles. The third-order valence-corrected chi connectivity index (χ3v) is 4.23. The van der Waals surface area contributed by atoms with Gasteiger partial charge >= 0.3 is 5.97 Å². The predicted octanol–water partition coefficient (Wildman–Crippen LogP) is 4.48. The fourth-order valence-electron chi connectivity index (χ4n) is 2.17. The summed E-state index contributed by atoms with van der Waals surface area (Å²) in [5.41, 5.74) is 2.86. The Morgan fingerprint density at radius 1 is 1.23 bits per heavy atom. The molecule has 0 amide bonds. The number of esters is 1. The largest absolute Gasteiger partial charge is 0.462 e. The quantitative estimate of drug-likeness (QED) is 0.771. The first kappa shape index (κ1) is 16.7. The summed E-state index contributed by atoms with van der Waals surface area (Å²) in [5, 5.41) is 3.47. The minimum atomic E-state index is -0.276. The number of hydrogen-bond acceptors (Lipinski definition) is 3. The summed E-state index contributed by atoms with van der Waals surface area (Å²) in [4.78, 5) is 11.8. The van der Waals surface area contributed by atoms with Crippen molar-refractivity contribution in [2.45, 2.75) is 26.4 Å². The Labute approximate surface area is 139 Å². The maximum atomic E-state index is 11.8. The zero-order chi connectivity index (χ0) is 15.9. The van der Waals surface area contributed by atoms with Crippen LogP contribution in [-0.4, -0.2) is 12.6 Å². The lowest BCUT2D eigenvalue weighted by atomic mass is 10.0. The minimum Gasteiger partial charge on any atom is -0.462 e. The van der Waals surface area contributed by atoms with Crippen LogP contribution >= 0.6 is 15.9 Å². The first-order chi connectivity index (χ1) is 10.6. The number of nitrogens with one attached hydrogen (secondary N) is 1. The van der Waals surface area contributed by atoms with Crippen LogP contribution < -0.4 is 5.32 Å². The molecule has 22 heavy (non-hydrogen) atoms. The number of halogens is 1. The predicted molar refractivity (Wildman–Crippen MR) is 91.8 cm³/mol. The van der Waals surface area contributed by atoms with E-state index >= 15 is 0 Å². The van der Waals surface area contributed by atoms with Crippen molar-refractivity contribution in [1.82, 2.24) is 5.32 Å². The summed E-state index contributed by atoms with van der Waals surface area (Å²) in [6.45, 7) is 5.04. The first-order valence-electron chi connectivity index (χ1n) is 7.35. The van der Waals surface area contributed by atoms with Crippen molar-refractivity contribution in [2.24, 2.45) is 0 Å². The Kier molecular flexibility index (Phi) is 6.16. The second kappa shape index (κ2) is 8.11. The van der Waals surface area contributed by atoms with Gasteiger partial charge in [0, 0.05) is 17.1 Å². The molecule has 1 atom stereocenters. The van der Waals surface area contributed by atoms with Gasteiger partial charge in [0.2, 0.25) is 0 Å². The van der Waals surface area contributed by atoms with Crippen molar-refractivity contribution < 1.29 is 9.53 Å². The summed E-state index contributed by atoms with van der Waals surface area (Å²) in [6.07, 6.45) is 0. The van der Waals surface area contributed by atoms with Gasteiger partial charge in [-0.15, -0.1) is 0 Å². The van der Waals surface area contributed by atoms with Crippen molar-refractivity contribution in [1.29, 1.82) is 0 Å². The number of rotatable bonds is 6. The third kappa shape index (κ3) is 4.42. The van der Waals surface area contributed by atoms with Crippen LogP contribution in [-0.2, 0) is 11.3 Å². The topological polar surface area (TPSA) is 38.3 Å². The highest BCUT2D eigenvalue weighted by Gasteiger charge is 2.11. The van der Waals surface area contributed by atoms with Gasteiger partial charge in [0.1, 0.15) is 0 Å². The molecule has 0 bridgehead atoms. The molecular weight excluding hydrogens is 342 g/mol. The van der Waals surface area contributed by atoms with E-state index in [1.807, 2.05) is 43.3 Å². The molecular formula is C18H20BrNO2. The van der Waals surface area contributed by atoms with E-state index in [1.165, 1.54) is 5.56 Å². The van der Waals surface area contributed by atoms with Gasteiger partial charge in [-0.2, -0.15) is 0 Å². The Balaban J connectivity index is 2.03. The molecule has 0 spiro atoms. The Bertz CT molecular complexity index is 642. The Morgan fingerprint density at radius 3 is 2.73 bits per heavy atom. The van der Waals surface area contributed by atoms with Crippen molar-refractivity contribution in [3.05, 3.63) is 69.7 Å². The third-order valence-electron chi connectivity index (χ3n) is 3.45. The molecule has 0 saturated carbocycles. The fourth-order valence-corrected chi connectivity index (χ4v) is 2.60. The lowest BCUT2D eigenvalue weighted by Gasteiger charge is -2.16. The van der Waals surface area contributed by atoms with E-state index in [1.54, 1.807) is 6.07 Å². The van der Waals surface area contributed by atoms with E-state index in [2.05, 4.69) is 34.2 Å².